The zero-order chi connectivity index (χ0) is 22.2. The molecule has 2 aliphatic rings. The van der Waals surface area contributed by atoms with Gasteiger partial charge in [-0.15, -0.1) is 0 Å². The fourth-order valence-corrected chi connectivity index (χ4v) is 3.30. The first-order valence-electron chi connectivity index (χ1n) is 9.87. The van der Waals surface area contributed by atoms with Crippen LogP contribution in [-0.2, 0) is 4.79 Å². The molecule has 9 heteroatoms. The molecule has 1 aliphatic heterocycles. The van der Waals surface area contributed by atoms with Crippen LogP contribution in [0.3, 0.4) is 0 Å². The van der Waals surface area contributed by atoms with Crippen molar-refractivity contribution in [3.05, 3.63) is 35.9 Å². The molecule has 0 radical (unpaired) electrons. The largest absolute Gasteiger partial charge is 0.493 e. The molecule has 1 aromatic rings. The Hall–Kier alpha value is -3.20. The Morgan fingerprint density at radius 3 is 2.45 bits per heavy atom. The minimum absolute atomic E-state index is 0.240. The SMILES string of the molecule is COc1cc(/C=C/C(=O)NC(NC(=S)N=C2C=CC=NC2)C2CC2)cc(OC)c1OC. The maximum Gasteiger partial charge on any atom is 0.245 e. The topological polar surface area (TPSA) is 93.5 Å². The molecule has 8 nitrogen and oxygen atoms in total. The number of ether oxygens (including phenoxy) is 3. The smallest absolute Gasteiger partial charge is 0.245 e. The van der Waals surface area contributed by atoms with E-state index in [4.69, 9.17) is 26.4 Å². The molecule has 1 aromatic carbocycles. The quantitative estimate of drug-likeness (QED) is 0.365. The lowest BCUT2D eigenvalue weighted by Gasteiger charge is -2.19. The van der Waals surface area contributed by atoms with Crippen molar-refractivity contribution in [2.24, 2.45) is 15.9 Å². The van der Waals surface area contributed by atoms with Crippen LogP contribution in [0.15, 0.2) is 40.3 Å². The number of hydrogen-bond acceptors (Lipinski definition) is 6. The number of methoxy groups -OCH3 is 3. The summed E-state index contributed by atoms with van der Waals surface area (Å²) in [5, 5.41) is 6.45. The molecular formula is C22H26N4O4S. The maximum absolute atomic E-state index is 12.5. The number of rotatable bonds is 8. The molecule has 1 amide bonds. The first-order valence-corrected chi connectivity index (χ1v) is 10.3. The molecule has 1 aliphatic carbocycles. The van der Waals surface area contributed by atoms with Crippen LogP contribution in [0.4, 0.5) is 0 Å². The highest BCUT2D eigenvalue weighted by atomic mass is 32.1. The van der Waals surface area contributed by atoms with Gasteiger partial charge in [-0.1, -0.05) is 0 Å². The van der Waals surface area contributed by atoms with Gasteiger partial charge in [0.2, 0.25) is 11.7 Å². The molecule has 3 rings (SSSR count). The van der Waals surface area contributed by atoms with Gasteiger partial charge in [-0.05, 0) is 66.9 Å². The molecule has 0 bridgehead atoms. The van der Waals surface area contributed by atoms with Gasteiger partial charge in [-0.3, -0.25) is 9.79 Å². The second kappa shape index (κ2) is 10.7. The van der Waals surface area contributed by atoms with Crippen LogP contribution in [0.5, 0.6) is 17.2 Å². The number of allylic oxidation sites excluding steroid dienone is 1. The number of hydrogen-bond donors (Lipinski definition) is 2. The molecule has 164 valence electrons. The van der Waals surface area contributed by atoms with E-state index in [9.17, 15) is 4.79 Å². The van der Waals surface area contributed by atoms with E-state index in [1.54, 1.807) is 45.8 Å². The number of dihydropyridines is 1. The highest BCUT2D eigenvalue weighted by molar-refractivity contribution is 7.80. The molecule has 1 saturated carbocycles. The summed E-state index contributed by atoms with van der Waals surface area (Å²) in [5.41, 5.74) is 1.52. The molecule has 31 heavy (non-hydrogen) atoms. The van der Waals surface area contributed by atoms with Crippen LogP contribution in [0.1, 0.15) is 18.4 Å². The number of aliphatic imine (C=N–C) groups is 2. The zero-order valence-corrected chi connectivity index (χ0v) is 18.6. The van der Waals surface area contributed by atoms with Gasteiger partial charge in [-0.2, -0.15) is 0 Å². The predicted molar refractivity (Wildman–Crippen MR) is 125 cm³/mol. The molecule has 1 atom stereocenters. The molecule has 1 fully saturated rings. The zero-order valence-electron chi connectivity index (χ0n) is 17.8. The molecule has 0 saturated heterocycles. The Labute approximate surface area is 187 Å². The third kappa shape index (κ3) is 6.39. The maximum atomic E-state index is 12.5. The fraction of sp³-hybridized carbons (Fsp3) is 0.364. The Bertz CT molecular complexity index is 926. The van der Waals surface area contributed by atoms with E-state index in [2.05, 4.69) is 20.6 Å². The summed E-state index contributed by atoms with van der Waals surface area (Å²) in [5.74, 6) is 1.63. The number of carbonyl (C=O) groups excluding carboxylic acids is 1. The lowest BCUT2D eigenvalue weighted by molar-refractivity contribution is -0.117. The molecule has 2 N–H and O–H groups in total. The molecular weight excluding hydrogens is 416 g/mol. The third-order valence-electron chi connectivity index (χ3n) is 4.76. The van der Waals surface area contributed by atoms with E-state index in [0.717, 1.165) is 24.1 Å². The van der Waals surface area contributed by atoms with E-state index in [0.29, 0.717) is 34.8 Å². The predicted octanol–water partition coefficient (Wildman–Crippen LogP) is 2.53. The Kier molecular flexibility index (Phi) is 7.77. The Balaban J connectivity index is 1.64. The highest BCUT2D eigenvalue weighted by Crippen LogP contribution is 2.38. The van der Waals surface area contributed by atoms with Gasteiger partial charge in [0, 0.05) is 12.3 Å². The van der Waals surface area contributed by atoms with Crippen LogP contribution in [0, 0.1) is 5.92 Å². The lowest BCUT2D eigenvalue weighted by Crippen LogP contribution is -2.48. The summed E-state index contributed by atoms with van der Waals surface area (Å²) >= 11 is 5.34. The summed E-state index contributed by atoms with van der Waals surface area (Å²) in [6, 6.07) is 3.54. The van der Waals surface area contributed by atoms with Crippen LogP contribution < -0.4 is 24.8 Å². The van der Waals surface area contributed by atoms with Gasteiger partial charge < -0.3 is 24.8 Å². The van der Waals surface area contributed by atoms with Gasteiger partial charge in [0.1, 0.15) is 6.17 Å². The van der Waals surface area contributed by atoms with Gasteiger partial charge in [0.05, 0.1) is 33.6 Å². The van der Waals surface area contributed by atoms with Crippen LogP contribution in [0.25, 0.3) is 6.08 Å². The molecule has 1 unspecified atom stereocenters. The van der Waals surface area contributed by atoms with Gasteiger partial charge in [0.15, 0.2) is 16.6 Å². The van der Waals surface area contributed by atoms with Gasteiger partial charge >= 0.3 is 0 Å². The monoisotopic (exact) mass is 442 g/mol. The first kappa shape index (κ1) is 22.5. The summed E-state index contributed by atoms with van der Waals surface area (Å²) in [4.78, 5) is 21.0. The number of amides is 1. The minimum atomic E-state index is -0.273. The standard InChI is InChI=1S/C22H26N4O4S/c1-28-17-11-14(12-18(29-2)20(17)30-3)6-9-19(27)25-21(15-7-8-15)26-22(31)24-16-5-4-10-23-13-16/h4-6,9-12,15,21H,7-8,13H2,1-3H3,(H,25,27)(H,26,31)/b9-6+,24-16?. The number of nitrogens with zero attached hydrogens (tertiary/aromatic N) is 2. The average Bonchev–Trinajstić information content (AvgIpc) is 3.62. The molecule has 0 aromatic heterocycles. The summed E-state index contributed by atoms with van der Waals surface area (Å²) in [7, 11) is 4.64. The van der Waals surface area contributed by atoms with E-state index in [-0.39, 0.29) is 12.1 Å². The van der Waals surface area contributed by atoms with E-state index in [1.807, 2.05) is 12.2 Å². The number of carbonyl (C=O) groups is 1. The summed E-state index contributed by atoms with van der Waals surface area (Å²) in [6.45, 7) is 0.496. The van der Waals surface area contributed by atoms with Crippen molar-refractivity contribution in [1.29, 1.82) is 0 Å². The van der Waals surface area contributed by atoms with Crippen LogP contribution >= 0.6 is 12.2 Å². The molecule has 1 heterocycles. The van der Waals surface area contributed by atoms with Crippen molar-refractivity contribution in [1.82, 2.24) is 10.6 Å². The van der Waals surface area contributed by atoms with E-state index < -0.39 is 0 Å². The van der Waals surface area contributed by atoms with E-state index >= 15 is 0 Å². The van der Waals surface area contributed by atoms with Crippen molar-refractivity contribution in [3.63, 3.8) is 0 Å². The van der Waals surface area contributed by atoms with E-state index in [1.165, 1.54) is 6.08 Å². The van der Waals surface area contributed by atoms with Gasteiger partial charge in [0.25, 0.3) is 0 Å². The van der Waals surface area contributed by atoms with Crippen molar-refractivity contribution >= 4 is 41.2 Å². The fourth-order valence-electron chi connectivity index (χ4n) is 3.05. The third-order valence-corrected chi connectivity index (χ3v) is 4.97. The summed E-state index contributed by atoms with van der Waals surface area (Å²) < 4.78 is 16.0. The second-order valence-corrected chi connectivity index (χ2v) is 7.40. The van der Waals surface area contributed by atoms with Crippen molar-refractivity contribution < 1.29 is 19.0 Å². The van der Waals surface area contributed by atoms with Crippen LogP contribution in [0.2, 0.25) is 0 Å². The van der Waals surface area contributed by atoms with Crippen molar-refractivity contribution in [2.45, 2.75) is 19.0 Å². The molecule has 0 spiro atoms. The van der Waals surface area contributed by atoms with Crippen molar-refractivity contribution in [3.8, 4) is 17.2 Å². The van der Waals surface area contributed by atoms with Crippen molar-refractivity contribution in [2.75, 3.05) is 27.9 Å². The average molecular weight is 443 g/mol. The number of nitrogens with one attached hydrogen (secondary N) is 2. The minimum Gasteiger partial charge on any atom is -0.493 e. The van der Waals surface area contributed by atoms with Crippen LogP contribution in [-0.4, -0.2) is 57.0 Å². The lowest BCUT2D eigenvalue weighted by atomic mass is 10.1. The highest BCUT2D eigenvalue weighted by Gasteiger charge is 2.32. The normalized spacial score (nSPS) is 17.5. The summed E-state index contributed by atoms with van der Waals surface area (Å²) in [6.07, 6.45) is 10.3. The first-order chi connectivity index (χ1) is 15.0. The van der Waals surface area contributed by atoms with Gasteiger partial charge in [-0.25, -0.2) is 4.99 Å². The second-order valence-electron chi connectivity index (χ2n) is 7.02. The number of thiocarbonyl (C=S) groups is 1. The Morgan fingerprint density at radius 1 is 1.19 bits per heavy atom. The Morgan fingerprint density at radius 2 is 1.90 bits per heavy atom. The number of benzene rings is 1.